The highest BCUT2D eigenvalue weighted by molar-refractivity contribution is 6.76. The minimum Gasteiger partial charge on any atom is -0.469 e. The second-order valence-electron chi connectivity index (χ2n) is 56.6. The quantitative estimate of drug-likeness (QED) is 0.0259. The van der Waals surface area contributed by atoms with E-state index >= 15 is 0 Å². The molecule has 7 unspecified atom stereocenters. The van der Waals surface area contributed by atoms with Crippen LogP contribution in [0.15, 0.2) is 98.2 Å². The number of hydrogen-bond donors (Lipinski definition) is 1. The fourth-order valence-electron chi connectivity index (χ4n) is 21.4. The molecule has 8 heterocycles. The van der Waals surface area contributed by atoms with E-state index in [0.29, 0.717) is 75.9 Å². The monoisotopic (exact) mass is 2190 g/mol. The topological polar surface area (TPSA) is 219 Å². The van der Waals surface area contributed by atoms with Gasteiger partial charge in [0, 0.05) is 44.3 Å². The highest BCUT2D eigenvalue weighted by Crippen LogP contribution is 2.53. The van der Waals surface area contributed by atoms with Gasteiger partial charge in [0.1, 0.15) is 12.2 Å². The SMILES string of the molecule is C.C=CC[C@@H]1O[C@@H]([C@H](/C=C/C(=O)CCC2CC(=C)[C@H](CCC3C[C@@H](C)C(=C)[C@@H](CC4O[C@H](C[C@H](C)CO[Si](C)(C)C(C)(C)C)[C@H](C)[C@H]4CC(=O)OC)O3)O2)O[Si](C)(C)C(C)(C)C)[C@@H](O[Si](C)(C)C(C)(C)C)[C@@H](C)[C@H]1C.C=CC[C@@H]1O[C@@H]([C@H](/C=C/C(O)CCC2CC(=C)[C@H](CCC3C[C@@H](C)C(=C)[C@@H](CC4O[C@H](C[C@H](C)CO[Si](C)(C)C(C)(C)C)[C@H](C)[C@H]4CC(=O)OC)O3)O2)O[Si](C)(C)C(C)(C)C)[C@@H](O[Si](C)(C)C(C)(C)C)[C@@H](C)[C@H]1C. The fourth-order valence-corrected chi connectivity index (χ4v) is 29.0. The Balaban J connectivity index is 0.000000452. The zero-order valence-electron chi connectivity index (χ0n) is 102. The molecule has 8 rings (SSSR count). The Morgan fingerprint density at radius 3 is 1.07 bits per heavy atom. The van der Waals surface area contributed by atoms with Crippen LogP contribution < -0.4 is 0 Å². The standard InChI is InChI=1S/C61H112O10Si3.C61H110O10Si3.CH4/c2*1-25-26-51-43(6)44(7)57(71-74(23,24)61(15,16)17)58(69-51)52(70-73(21,22)60(12,13)14)31-28-46(62)27-29-47-35-41(4)50(66-47)32-30-48-34-40(3)42(5)54(67-48)37-55-49(36-56(63)64-18)45(8)53(68-55)33-39(2)38-65-72(19,20)59(9,10)11;/h25,28,31,39-40,43-55,57-58,62H,1,4-5,26-27,29-30,32-38H2,2-3,6-24H3;25,28,31,39-40,43-45,47-55,57-58H,1,4-5,26-27,29-30,32-38H2,2-3,6-24H3;1H4/b2*31-28+;/t39-,40+,43+,44-,45+,46?,47?,48?,49+,50-,51-,52-,53+,54+,55?,57-,58-;39-,40+,43+,44-,45+,47?,48?,49+,50-,51-,52-,53+,54+,55?,57-,58-;/m00./s1. The summed E-state index contributed by atoms with van der Waals surface area (Å²) < 4.78 is 108. The first-order valence-electron chi connectivity index (χ1n) is 57.7. The van der Waals surface area contributed by atoms with Crippen LogP contribution in [0.5, 0.6) is 0 Å². The summed E-state index contributed by atoms with van der Waals surface area (Å²) in [7, 11) is -9.86. The first kappa shape index (κ1) is 135. The predicted octanol–water partition coefficient (Wildman–Crippen LogP) is 30.7. The molecule has 8 fully saturated rings. The molecular formula is C123H226O20Si6. The molecule has 0 aromatic carbocycles. The molecule has 149 heavy (non-hydrogen) atoms. The van der Waals surface area contributed by atoms with E-state index in [9.17, 15) is 19.5 Å². The van der Waals surface area contributed by atoms with Crippen molar-refractivity contribution in [2.45, 2.75) is 567 Å². The second kappa shape index (κ2) is 55.5. The van der Waals surface area contributed by atoms with Crippen molar-refractivity contribution >= 4 is 67.6 Å². The van der Waals surface area contributed by atoms with Gasteiger partial charge in [-0.2, -0.15) is 0 Å². The van der Waals surface area contributed by atoms with Gasteiger partial charge in [0.25, 0.3) is 0 Å². The molecule has 26 heteroatoms. The van der Waals surface area contributed by atoms with Crippen molar-refractivity contribution in [3.05, 3.63) is 98.2 Å². The number of ether oxygens (including phenoxy) is 10. The number of hydrogen-bond acceptors (Lipinski definition) is 20. The molecule has 0 amide bonds. The number of rotatable bonds is 48. The maximum atomic E-state index is 13.9. The zero-order chi connectivity index (χ0) is 112. The molecule has 862 valence electrons. The van der Waals surface area contributed by atoms with Gasteiger partial charge in [0.15, 0.2) is 55.7 Å². The molecule has 33 atom stereocenters. The Labute approximate surface area is 918 Å². The summed E-state index contributed by atoms with van der Waals surface area (Å²) in [5, 5.41) is 11.9. The largest absolute Gasteiger partial charge is 0.469 e. The van der Waals surface area contributed by atoms with Crippen molar-refractivity contribution < 1.29 is 93.4 Å². The number of esters is 2. The van der Waals surface area contributed by atoms with Gasteiger partial charge < -0.3 is 79.0 Å². The third-order valence-corrected chi connectivity index (χ3v) is 65.8. The van der Waals surface area contributed by atoms with Crippen molar-refractivity contribution in [2.75, 3.05) is 27.4 Å². The minimum absolute atomic E-state index is 0. The zero-order valence-corrected chi connectivity index (χ0v) is 108. The van der Waals surface area contributed by atoms with Gasteiger partial charge >= 0.3 is 11.9 Å². The van der Waals surface area contributed by atoms with Gasteiger partial charge in [-0.3, -0.25) is 14.4 Å². The molecule has 1 N–H and O–H groups in total. The van der Waals surface area contributed by atoms with E-state index in [1.54, 1.807) is 6.08 Å². The van der Waals surface area contributed by atoms with Crippen molar-refractivity contribution in [3.8, 4) is 0 Å². The predicted molar refractivity (Wildman–Crippen MR) is 632 cm³/mol. The van der Waals surface area contributed by atoms with Gasteiger partial charge in [-0.15, -0.1) is 13.2 Å². The number of allylic oxidation sites excluding steroid dienone is 1. The fraction of sp³-hybridized carbons (Fsp3) is 0.846. The second-order valence-corrected chi connectivity index (χ2v) is 85.3. The van der Waals surface area contributed by atoms with Crippen molar-refractivity contribution in [3.63, 3.8) is 0 Å². The maximum absolute atomic E-state index is 13.9. The third-order valence-electron chi connectivity index (χ3n) is 38.9. The summed E-state index contributed by atoms with van der Waals surface area (Å²) in [5.74, 6) is 2.29. The van der Waals surface area contributed by atoms with E-state index in [1.165, 1.54) is 14.2 Å². The van der Waals surface area contributed by atoms with Crippen LogP contribution >= 0.6 is 0 Å². The summed E-state index contributed by atoms with van der Waals surface area (Å²) in [6.07, 6.45) is 22.4. The van der Waals surface area contributed by atoms with E-state index in [1.807, 2.05) is 24.3 Å². The van der Waals surface area contributed by atoms with Crippen LogP contribution in [0.2, 0.25) is 109 Å². The highest BCUT2D eigenvalue weighted by atomic mass is 28.4. The van der Waals surface area contributed by atoms with Crippen molar-refractivity contribution in [2.24, 2.45) is 71.0 Å². The molecule has 0 radical (unpaired) electrons. The molecular weight excluding hydrogens is 1970 g/mol. The molecule has 0 bridgehead atoms. The van der Waals surface area contributed by atoms with Crippen LogP contribution in [-0.2, 0) is 88.3 Å². The van der Waals surface area contributed by atoms with E-state index in [2.05, 4.69) is 318 Å². The first-order chi connectivity index (χ1) is 67.9. The van der Waals surface area contributed by atoms with Crippen LogP contribution in [0.25, 0.3) is 0 Å². The maximum Gasteiger partial charge on any atom is 0.305 e. The summed E-state index contributed by atoms with van der Waals surface area (Å²) in [6.45, 7) is 119. The van der Waals surface area contributed by atoms with Gasteiger partial charge in [-0.1, -0.05) is 258 Å². The van der Waals surface area contributed by atoms with Crippen molar-refractivity contribution in [1.82, 2.24) is 0 Å². The Morgan fingerprint density at radius 2 is 0.738 bits per heavy atom. The molecule has 0 saturated carbocycles. The normalized spacial score (nSPS) is 32.8. The van der Waals surface area contributed by atoms with Crippen LogP contribution in [0.3, 0.4) is 0 Å². The number of aliphatic hydroxyl groups excluding tert-OH is 1. The van der Waals surface area contributed by atoms with Gasteiger partial charge in [0.2, 0.25) is 0 Å². The van der Waals surface area contributed by atoms with E-state index in [-0.39, 0.29) is 219 Å². The number of ketones is 1. The average Bonchev–Trinajstić information content (AvgIpc) is 1.68. The van der Waals surface area contributed by atoms with Gasteiger partial charge in [0.05, 0.1) is 143 Å². The Hall–Kier alpha value is -2.77. The summed E-state index contributed by atoms with van der Waals surface area (Å²) in [4.78, 5) is 39.5. The van der Waals surface area contributed by atoms with Crippen LogP contribution in [0.4, 0.5) is 0 Å². The Bertz CT molecular complexity index is 4300. The molecule has 0 aromatic heterocycles. The molecule has 0 spiro atoms. The number of carbonyl (C=O) groups excluding carboxylic acids is 3. The number of methoxy groups -OCH3 is 2. The minimum atomic E-state index is -2.33. The van der Waals surface area contributed by atoms with E-state index in [4.69, 9.17) is 73.9 Å². The van der Waals surface area contributed by atoms with Gasteiger partial charge in [-0.05, 0) is 293 Å². The third kappa shape index (κ3) is 37.1. The number of aliphatic hydroxyl groups is 1. The van der Waals surface area contributed by atoms with Gasteiger partial charge in [-0.25, -0.2) is 0 Å². The Morgan fingerprint density at radius 1 is 0.403 bits per heavy atom. The van der Waals surface area contributed by atoms with Crippen LogP contribution in [0, 0.1) is 71.0 Å². The van der Waals surface area contributed by atoms with E-state index in [0.717, 1.165) is 106 Å². The lowest BCUT2D eigenvalue weighted by Crippen LogP contribution is -2.60. The lowest BCUT2D eigenvalue weighted by molar-refractivity contribution is -0.184. The summed E-state index contributed by atoms with van der Waals surface area (Å²) in [5.41, 5.74) is 4.40. The van der Waals surface area contributed by atoms with E-state index < -0.39 is 68.2 Å². The lowest BCUT2D eigenvalue weighted by atomic mass is 9.79. The Kier molecular flexibility index (Phi) is 50.3. The molecule has 8 saturated heterocycles. The van der Waals surface area contributed by atoms with Crippen LogP contribution in [0.1, 0.15) is 330 Å². The van der Waals surface area contributed by atoms with Crippen LogP contribution in [-0.4, -0.2) is 228 Å². The highest BCUT2D eigenvalue weighted by Gasteiger charge is 2.57. The summed E-state index contributed by atoms with van der Waals surface area (Å²) in [6, 6.07) is 0. The number of carbonyl (C=O) groups is 3. The molecule has 0 aromatic rings. The lowest BCUT2D eigenvalue weighted by Gasteiger charge is -2.52. The average molecular weight is 2190 g/mol. The molecule has 8 aliphatic rings. The molecule has 20 nitrogen and oxygen atoms in total. The van der Waals surface area contributed by atoms with Crippen molar-refractivity contribution in [1.29, 1.82) is 0 Å². The molecule has 8 aliphatic heterocycles. The smallest absolute Gasteiger partial charge is 0.305 e. The first-order valence-corrected chi connectivity index (χ1v) is 75.2. The summed E-state index contributed by atoms with van der Waals surface area (Å²) >= 11 is 0. The molecule has 0 aliphatic carbocycles.